The van der Waals surface area contributed by atoms with Gasteiger partial charge in [0, 0.05) is 24.6 Å². The number of rotatable bonds is 6. The van der Waals surface area contributed by atoms with E-state index >= 15 is 0 Å². The second kappa shape index (κ2) is 6.47. The van der Waals surface area contributed by atoms with Gasteiger partial charge in [-0.2, -0.15) is 0 Å². The van der Waals surface area contributed by atoms with Crippen LogP contribution in [0.15, 0.2) is 24.3 Å². The summed E-state index contributed by atoms with van der Waals surface area (Å²) in [5.74, 6) is -0.437. The van der Waals surface area contributed by atoms with Crippen LogP contribution in [0.3, 0.4) is 0 Å². The number of hydrogen-bond acceptors (Lipinski definition) is 3. The summed E-state index contributed by atoms with van der Waals surface area (Å²) in [4.78, 5) is 13.4. The van der Waals surface area contributed by atoms with Crippen LogP contribution in [0.4, 0.5) is 0 Å². The van der Waals surface area contributed by atoms with Crippen LogP contribution < -0.4 is 11.5 Å². The summed E-state index contributed by atoms with van der Waals surface area (Å²) in [6.07, 6.45) is 0. The van der Waals surface area contributed by atoms with Gasteiger partial charge in [0.05, 0.1) is 0 Å². The second-order valence-electron chi connectivity index (χ2n) is 4.56. The lowest BCUT2D eigenvalue weighted by molar-refractivity contribution is -0.121. The second-order valence-corrected chi connectivity index (χ2v) is 5.00. The first-order valence-corrected chi connectivity index (χ1v) is 6.17. The van der Waals surface area contributed by atoms with Gasteiger partial charge in [-0.25, -0.2) is 0 Å². The summed E-state index contributed by atoms with van der Waals surface area (Å²) < 4.78 is 0. The van der Waals surface area contributed by atoms with Crippen molar-refractivity contribution < 1.29 is 4.79 Å². The Balaban J connectivity index is 2.64. The van der Waals surface area contributed by atoms with Crippen LogP contribution in [0.25, 0.3) is 0 Å². The van der Waals surface area contributed by atoms with Gasteiger partial charge in [0.15, 0.2) is 0 Å². The van der Waals surface area contributed by atoms with Crippen LogP contribution in [0.2, 0.25) is 0 Å². The maximum Gasteiger partial charge on any atom is 0.221 e. The Morgan fingerprint density at radius 1 is 1.44 bits per heavy atom. The van der Waals surface area contributed by atoms with E-state index < -0.39 is 0 Å². The molecule has 1 rings (SSSR count). The van der Waals surface area contributed by atoms with Crippen molar-refractivity contribution in [1.29, 1.82) is 0 Å². The Kier molecular flexibility index (Phi) is 5.25. The van der Waals surface area contributed by atoms with Crippen LogP contribution >= 0.6 is 12.2 Å². The molecule has 0 heterocycles. The molecule has 4 nitrogen and oxygen atoms in total. The molecule has 0 saturated carbocycles. The fourth-order valence-electron chi connectivity index (χ4n) is 1.76. The zero-order chi connectivity index (χ0) is 13.7. The summed E-state index contributed by atoms with van der Waals surface area (Å²) in [5, 5.41) is 0. The van der Waals surface area contributed by atoms with Crippen LogP contribution in [0, 0.1) is 5.92 Å². The Hall–Kier alpha value is -1.46. The van der Waals surface area contributed by atoms with E-state index in [0.29, 0.717) is 11.5 Å². The lowest BCUT2D eigenvalue weighted by Gasteiger charge is -2.19. The van der Waals surface area contributed by atoms with Crippen LogP contribution in [0.1, 0.15) is 18.1 Å². The molecule has 0 spiro atoms. The largest absolute Gasteiger partial charge is 0.389 e. The molecule has 98 valence electrons. The lowest BCUT2D eigenvalue weighted by Crippen LogP contribution is -2.32. The minimum Gasteiger partial charge on any atom is -0.389 e. The van der Waals surface area contributed by atoms with Crippen molar-refractivity contribution in [2.45, 2.75) is 13.5 Å². The maximum atomic E-state index is 11.0. The smallest absolute Gasteiger partial charge is 0.221 e. The Morgan fingerprint density at radius 2 is 2.11 bits per heavy atom. The first kappa shape index (κ1) is 14.6. The van der Waals surface area contributed by atoms with E-state index in [9.17, 15) is 4.79 Å². The Morgan fingerprint density at radius 3 is 2.67 bits per heavy atom. The molecule has 4 N–H and O–H groups in total. The number of carbonyl (C=O) groups is 1. The molecule has 1 aromatic rings. The van der Waals surface area contributed by atoms with E-state index in [0.717, 1.165) is 17.7 Å². The monoisotopic (exact) mass is 265 g/mol. The highest BCUT2D eigenvalue weighted by Gasteiger charge is 2.12. The van der Waals surface area contributed by atoms with Crippen molar-refractivity contribution in [3.8, 4) is 0 Å². The lowest BCUT2D eigenvalue weighted by atomic mass is 10.1. The third-order valence-corrected chi connectivity index (χ3v) is 2.97. The molecule has 1 atom stereocenters. The van der Waals surface area contributed by atoms with E-state index in [2.05, 4.69) is 0 Å². The van der Waals surface area contributed by atoms with E-state index in [1.807, 2.05) is 43.1 Å². The summed E-state index contributed by atoms with van der Waals surface area (Å²) in [7, 11) is 1.95. The molecule has 0 aliphatic carbocycles. The normalized spacial score (nSPS) is 12.4. The van der Waals surface area contributed by atoms with Gasteiger partial charge in [0.1, 0.15) is 4.99 Å². The molecule has 0 aromatic heterocycles. The number of thiocarbonyl (C=S) groups is 1. The molecule has 1 amide bonds. The Bertz CT molecular complexity index is 448. The van der Waals surface area contributed by atoms with E-state index in [1.165, 1.54) is 0 Å². The molecule has 1 aromatic carbocycles. The molecule has 18 heavy (non-hydrogen) atoms. The number of amides is 1. The highest BCUT2D eigenvalue weighted by molar-refractivity contribution is 7.80. The van der Waals surface area contributed by atoms with Crippen LogP contribution in [-0.4, -0.2) is 29.4 Å². The van der Waals surface area contributed by atoms with Gasteiger partial charge < -0.3 is 16.4 Å². The van der Waals surface area contributed by atoms with Crippen molar-refractivity contribution >= 4 is 23.1 Å². The minimum absolute atomic E-state index is 0.159. The zero-order valence-electron chi connectivity index (χ0n) is 10.7. The summed E-state index contributed by atoms with van der Waals surface area (Å²) >= 11 is 4.94. The van der Waals surface area contributed by atoms with E-state index in [4.69, 9.17) is 23.7 Å². The third-order valence-electron chi connectivity index (χ3n) is 2.74. The molecule has 0 bridgehead atoms. The fraction of sp³-hybridized carbons (Fsp3) is 0.385. The molecule has 0 aliphatic rings. The van der Waals surface area contributed by atoms with Crippen molar-refractivity contribution in [3.05, 3.63) is 35.4 Å². The highest BCUT2D eigenvalue weighted by Crippen LogP contribution is 2.09. The average molecular weight is 265 g/mol. The van der Waals surface area contributed by atoms with Gasteiger partial charge in [0.2, 0.25) is 5.91 Å². The fourth-order valence-corrected chi connectivity index (χ4v) is 1.88. The number of nitrogens with two attached hydrogens (primary N) is 2. The first-order valence-electron chi connectivity index (χ1n) is 5.76. The van der Waals surface area contributed by atoms with E-state index in [-0.39, 0.29) is 11.8 Å². The highest BCUT2D eigenvalue weighted by atomic mass is 32.1. The van der Waals surface area contributed by atoms with Gasteiger partial charge in [0.25, 0.3) is 0 Å². The standard InChI is InChI=1S/C13H19N3OS/c1-9(12(14)17)7-16(2)8-10-4-3-5-11(6-10)13(15)18/h3-6,9H,7-8H2,1-2H3,(H2,14,17)(H2,15,18). The molecular formula is C13H19N3OS. The van der Waals surface area contributed by atoms with Gasteiger partial charge in [-0.15, -0.1) is 0 Å². The first-order chi connectivity index (χ1) is 8.40. The van der Waals surface area contributed by atoms with Crippen LogP contribution in [-0.2, 0) is 11.3 Å². The molecule has 0 fully saturated rings. The van der Waals surface area contributed by atoms with Crippen molar-refractivity contribution in [2.24, 2.45) is 17.4 Å². The topological polar surface area (TPSA) is 72.3 Å². The van der Waals surface area contributed by atoms with Gasteiger partial charge in [-0.1, -0.05) is 37.3 Å². The SMILES string of the molecule is CC(CN(C)Cc1cccc(C(N)=S)c1)C(N)=O. The van der Waals surface area contributed by atoms with E-state index in [1.54, 1.807) is 0 Å². The predicted octanol–water partition coefficient (Wildman–Crippen LogP) is 0.874. The van der Waals surface area contributed by atoms with Gasteiger partial charge in [-0.05, 0) is 18.7 Å². The number of carbonyl (C=O) groups excluding carboxylic acids is 1. The zero-order valence-corrected chi connectivity index (χ0v) is 11.5. The molecule has 0 aliphatic heterocycles. The summed E-state index contributed by atoms with van der Waals surface area (Å²) in [6, 6.07) is 7.79. The number of nitrogens with zero attached hydrogens (tertiary/aromatic N) is 1. The summed E-state index contributed by atoms with van der Waals surface area (Å²) in [6.45, 7) is 3.19. The van der Waals surface area contributed by atoms with Crippen molar-refractivity contribution in [2.75, 3.05) is 13.6 Å². The predicted molar refractivity (Wildman–Crippen MR) is 77.0 cm³/mol. The number of benzene rings is 1. The molecule has 0 radical (unpaired) electrons. The molecular weight excluding hydrogens is 246 g/mol. The van der Waals surface area contributed by atoms with Gasteiger partial charge >= 0.3 is 0 Å². The van der Waals surface area contributed by atoms with Crippen molar-refractivity contribution in [1.82, 2.24) is 4.90 Å². The van der Waals surface area contributed by atoms with Crippen molar-refractivity contribution in [3.63, 3.8) is 0 Å². The maximum absolute atomic E-state index is 11.0. The van der Waals surface area contributed by atoms with Gasteiger partial charge in [-0.3, -0.25) is 4.79 Å². The average Bonchev–Trinajstić information content (AvgIpc) is 2.28. The third kappa shape index (κ3) is 4.43. The number of hydrogen-bond donors (Lipinski definition) is 2. The molecule has 0 saturated heterocycles. The Labute approximate surface area is 113 Å². The van der Waals surface area contributed by atoms with Crippen LogP contribution in [0.5, 0.6) is 0 Å². The quantitative estimate of drug-likeness (QED) is 0.749. The minimum atomic E-state index is -0.279. The number of primary amides is 1. The summed E-state index contributed by atoms with van der Waals surface area (Å²) in [5.41, 5.74) is 12.8. The molecule has 5 heteroatoms. The molecule has 1 unspecified atom stereocenters.